The maximum atomic E-state index is 12.2. The van der Waals surface area contributed by atoms with E-state index in [1.165, 1.54) is 5.56 Å². The summed E-state index contributed by atoms with van der Waals surface area (Å²) in [5.41, 5.74) is 2.66. The zero-order valence-electron chi connectivity index (χ0n) is 14.0. The first-order valence-corrected chi connectivity index (χ1v) is 7.66. The monoisotopic (exact) mass is 300 g/mol. The number of amides is 1. The predicted molar refractivity (Wildman–Crippen MR) is 87.9 cm³/mol. The molecule has 0 radical (unpaired) electrons. The van der Waals surface area contributed by atoms with Crippen molar-refractivity contribution >= 4 is 5.91 Å². The minimum Gasteiger partial charge on any atom is -0.355 e. The van der Waals surface area contributed by atoms with Gasteiger partial charge < -0.3 is 9.42 Å². The van der Waals surface area contributed by atoms with Gasteiger partial charge in [0.25, 0.3) is 5.91 Å². The number of carbonyl (C=O) groups is 1. The van der Waals surface area contributed by atoms with E-state index in [-0.39, 0.29) is 11.3 Å². The Morgan fingerprint density at radius 3 is 2.41 bits per heavy atom. The number of aromatic nitrogens is 1. The SMILES string of the molecule is CCCN(C)C(=O)c1cc(-c2ccc(C(C)(C)C)cc2)on1. The zero-order valence-corrected chi connectivity index (χ0v) is 14.0. The zero-order chi connectivity index (χ0) is 16.3. The van der Waals surface area contributed by atoms with Crippen molar-refractivity contribution in [1.29, 1.82) is 0 Å². The third-order valence-corrected chi connectivity index (χ3v) is 3.67. The van der Waals surface area contributed by atoms with Crippen LogP contribution in [-0.2, 0) is 5.41 Å². The molecule has 0 aliphatic heterocycles. The van der Waals surface area contributed by atoms with Gasteiger partial charge in [0.05, 0.1) is 0 Å². The van der Waals surface area contributed by atoms with E-state index in [4.69, 9.17) is 4.52 Å². The van der Waals surface area contributed by atoms with Crippen LogP contribution in [0, 0.1) is 0 Å². The molecule has 0 saturated heterocycles. The van der Waals surface area contributed by atoms with Crippen molar-refractivity contribution in [3.8, 4) is 11.3 Å². The Kier molecular flexibility index (Phi) is 4.69. The molecule has 4 heteroatoms. The van der Waals surface area contributed by atoms with E-state index in [0.717, 1.165) is 12.0 Å². The topological polar surface area (TPSA) is 46.3 Å². The quantitative estimate of drug-likeness (QED) is 0.853. The molecule has 0 N–H and O–H groups in total. The maximum absolute atomic E-state index is 12.2. The van der Waals surface area contributed by atoms with Gasteiger partial charge in [-0.25, -0.2) is 0 Å². The molecular formula is C18H24N2O2. The van der Waals surface area contributed by atoms with Crippen LogP contribution in [0.15, 0.2) is 34.9 Å². The normalized spacial score (nSPS) is 11.5. The van der Waals surface area contributed by atoms with Crippen LogP contribution >= 0.6 is 0 Å². The Bertz CT molecular complexity index is 636. The van der Waals surface area contributed by atoms with Crippen molar-refractivity contribution in [3.05, 3.63) is 41.6 Å². The Morgan fingerprint density at radius 2 is 1.86 bits per heavy atom. The molecule has 4 nitrogen and oxygen atoms in total. The molecule has 0 aliphatic rings. The third-order valence-electron chi connectivity index (χ3n) is 3.67. The Balaban J connectivity index is 2.19. The van der Waals surface area contributed by atoms with Crippen LogP contribution in [0.2, 0.25) is 0 Å². The van der Waals surface area contributed by atoms with E-state index in [9.17, 15) is 4.79 Å². The van der Waals surface area contributed by atoms with Crippen LogP contribution in [-0.4, -0.2) is 29.6 Å². The van der Waals surface area contributed by atoms with Gasteiger partial charge in [0, 0.05) is 25.2 Å². The highest BCUT2D eigenvalue weighted by Crippen LogP contribution is 2.26. The molecule has 1 aromatic carbocycles. The molecule has 0 bridgehead atoms. The van der Waals surface area contributed by atoms with Gasteiger partial charge in [-0.1, -0.05) is 57.1 Å². The van der Waals surface area contributed by atoms with E-state index in [1.54, 1.807) is 18.0 Å². The molecule has 22 heavy (non-hydrogen) atoms. The number of hydrogen-bond donors (Lipinski definition) is 0. The smallest absolute Gasteiger partial charge is 0.275 e. The minimum atomic E-state index is -0.108. The van der Waals surface area contributed by atoms with Crippen LogP contribution in [0.4, 0.5) is 0 Å². The van der Waals surface area contributed by atoms with Crippen molar-refractivity contribution in [3.63, 3.8) is 0 Å². The third kappa shape index (κ3) is 3.56. The van der Waals surface area contributed by atoms with Crippen molar-refractivity contribution < 1.29 is 9.32 Å². The number of nitrogens with zero attached hydrogens (tertiary/aromatic N) is 2. The summed E-state index contributed by atoms with van der Waals surface area (Å²) in [6.45, 7) is 9.28. The second-order valence-electron chi connectivity index (χ2n) is 6.63. The molecule has 0 saturated carbocycles. The molecule has 0 fully saturated rings. The average molecular weight is 300 g/mol. The Labute approximate surface area is 132 Å². The predicted octanol–water partition coefficient (Wildman–Crippen LogP) is 4.12. The van der Waals surface area contributed by atoms with Crippen molar-refractivity contribution in [2.75, 3.05) is 13.6 Å². The van der Waals surface area contributed by atoms with Gasteiger partial charge in [-0.2, -0.15) is 0 Å². The fraction of sp³-hybridized carbons (Fsp3) is 0.444. The largest absolute Gasteiger partial charge is 0.355 e. The first kappa shape index (κ1) is 16.3. The van der Waals surface area contributed by atoms with Crippen molar-refractivity contribution in [1.82, 2.24) is 10.1 Å². The molecule has 1 aromatic heterocycles. The molecule has 118 valence electrons. The summed E-state index contributed by atoms with van der Waals surface area (Å²) in [5, 5.41) is 3.90. The fourth-order valence-electron chi connectivity index (χ4n) is 2.28. The fourth-order valence-corrected chi connectivity index (χ4v) is 2.28. The van der Waals surface area contributed by atoms with Gasteiger partial charge >= 0.3 is 0 Å². The summed E-state index contributed by atoms with van der Waals surface area (Å²) in [7, 11) is 1.78. The standard InChI is InChI=1S/C18H24N2O2/c1-6-11-20(5)17(21)15-12-16(22-19-15)13-7-9-14(10-8-13)18(2,3)4/h7-10,12H,6,11H2,1-5H3. The van der Waals surface area contributed by atoms with Gasteiger partial charge in [0.15, 0.2) is 11.5 Å². The van der Waals surface area contributed by atoms with E-state index < -0.39 is 0 Å². The molecule has 0 unspecified atom stereocenters. The lowest BCUT2D eigenvalue weighted by Gasteiger charge is -2.18. The second-order valence-corrected chi connectivity index (χ2v) is 6.63. The molecule has 0 aliphatic carbocycles. The van der Waals surface area contributed by atoms with Crippen LogP contribution in [0.1, 0.15) is 50.2 Å². The van der Waals surface area contributed by atoms with Crippen molar-refractivity contribution in [2.24, 2.45) is 0 Å². The number of hydrogen-bond acceptors (Lipinski definition) is 3. The molecule has 2 rings (SSSR count). The Hall–Kier alpha value is -2.10. The second kappa shape index (κ2) is 6.34. The summed E-state index contributed by atoms with van der Waals surface area (Å²) >= 11 is 0. The summed E-state index contributed by atoms with van der Waals surface area (Å²) in [6.07, 6.45) is 0.918. The van der Waals surface area contributed by atoms with Crippen LogP contribution in [0.25, 0.3) is 11.3 Å². The van der Waals surface area contributed by atoms with Crippen LogP contribution in [0.5, 0.6) is 0 Å². The van der Waals surface area contributed by atoms with Crippen LogP contribution < -0.4 is 0 Å². The molecular weight excluding hydrogens is 276 g/mol. The Morgan fingerprint density at radius 1 is 1.23 bits per heavy atom. The van der Waals surface area contributed by atoms with E-state index in [2.05, 4.69) is 38.1 Å². The van der Waals surface area contributed by atoms with Crippen molar-refractivity contribution in [2.45, 2.75) is 39.5 Å². The molecule has 1 heterocycles. The van der Waals surface area contributed by atoms with E-state index in [1.807, 2.05) is 19.1 Å². The molecule has 0 atom stereocenters. The highest BCUT2D eigenvalue weighted by molar-refractivity contribution is 5.92. The molecule has 2 aromatic rings. The summed E-state index contributed by atoms with van der Waals surface area (Å²) in [4.78, 5) is 13.8. The van der Waals surface area contributed by atoms with Gasteiger partial charge in [-0.3, -0.25) is 4.79 Å². The lowest BCUT2D eigenvalue weighted by molar-refractivity contribution is 0.0785. The number of rotatable bonds is 4. The van der Waals surface area contributed by atoms with Gasteiger partial charge in [-0.15, -0.1) is 0 Å². The number of benzene rings is 1. The van der Waals surface area contributed by atoms with E-state index in [0.29, 0.717) is 18.0 Å². The highest BCUT2D eigenvalue weighted by atomic mass is 16.5. The first-order chi connectivity index (χ1) is 10.3. The van der Waals surface area contributed by atoms with Gasteiger partial charge in [0.1, 0.15) is 0 Å². The van der Waals surface area contributed by atoms with Gasteiger partial charge in [-0.05, 0) is 17.4 Å². The lowest BCUT2D eigenvalue weighted by atomic mass is 9.86. The lowest BCUT2D eigenvalue weighted by Crippen LogP contribution is -2.27. The van der Waals surface area contributed by atoms with Gasteiger partial charge in [0.2, 0.25) is 0 Å². The van der Waals surface area contributed by atoms with Crippen LogP contribution in [0.3, 0.4) is 0 Å². The minimum absolute atomic E-state index is 0.108. The van der Waals surface area contributed by atoms with E-state index >= 15 is 0 Å². The first-order valence-electron chi connectivity index (χ1n) is 7.66. The summed E-state index contributed by atoms with van der Waals surface area (Å²) < 4.78 is 5.33. The summed E-state index contributed by atoms with van der Waals surface area (Å²) in [5.74, 6) is 0.511. The maximum Gasteiger partial charge on any atom is 0.275 e. The highest BCUT2D eigenvalue weighted by Gasteiger charge is 2.18. The molecule has 0 spiro atoms. The average Bonchev–Trinajstić information content (AvgIpc) is 2.95. The molecule has 1 amide bonds. The summed E-state index contributed by atoms with van der Waals surface area (Å²) in [6, 6.07) is 9.89. The number of carbonyl (C=O) groups excluding carboxylic acids is 1.